The first kappa shape index (κ1) is 13.3. The molecule has 4 nitrogen and oxygen atoms in total. The van der Waals surface area contributed by atoms with Crippen molar-refractivity contribution in [3.8, 4) is 5.69 Å². The van der Waals surface area contributed by atoms with Gasteiger partial charge in [-0.05, 0) is 45.0 Å². The molecule has 19 heavy (non-hydrogen) atoms. The number of aryl methyl sites for hydroxylation is 1. The van der Waals surface area contributed by atoms with Crippen LogP contribution >= 0.6 is 0 Å². The molecule has 0 unspecified atom stereocenters. The Hall–Kier alpha value is -2.17. The van der Waals surface area contributed by atoms with E-state index in [9.17, 15) is 9.18 Å². The predicted octanol–water partition coefficient (Wildman–Crippen LogP) is 2.80. The highest BCUT2D eigenvalue weighted by atomic mass is 19.1. The van der Waals surface area contributed by atoms with Crippen LogP contribution < -0.4 is 0 Å². The summed E-state index contributed by atoms with van der Waals surface area (Å²) in [6.45, 7) is 5.61. The number of carbonyl (C=O) groups is 1. The number of hydrogen-bond donors (Lipinski definition) is 0. The summed E-state index contributed by atoms with van der Waals surface area (Å²) in [5.74, 6) is -0.693. The molecule has 0 radical (unpaired) electrons. The van der Waals surface area contributed by atoms with Gasteiger partial charge < -0.3 is 4.74 Å². The second kappa shape index (κ2) is 5.22. The molecule has 5 heteroatoms. The van der Waals surface area contributed by atoms with E-state index in [1.54, 1.807) is 37.6 Å². The van der Waals surface area contributed by atoms with Gasteiger partial charge in [0, 0.05) is 0 Å². The number of nitrogens with zero attached hydrogens (tertiary/aromatic N) is 2. The van der Waals surface area contributed by atoms with E-state index in [0.717, 1.165) is 0 Å². The maximum Gasteiger partial charge on any atom is 0.341 e. The van der Waals surface area contributed by atoms with Crippen molar-refractivity contribution in [2.24, 2.45) is 0 Å². The quantitative estimate of drug-likeness (QED) is 0.799. The molecule has 0 aliphatic carbocycles. The van der Waals surface area contributed by atoms with Crippen LogP contribution in [-0.2, 0) is 4.74 Å². The molecule has 0 fully saturated rings. The lowest BCUT2D eigenvalue weighted by atomic mass is 10.2. The number of ether oxygens (including phenoxy) is 1. The van der Waals surface area contributed by atoms with E-state index in [2.05, 4.69) is 5.10 Å². The SMILES string of the molecule is CCOC(=O)c1c(C)nn(-c2ccc(F)cc2)c1C. The number of esters is 1. The van der Waals surface area contributed by atoms with E-state index in [-0.39, 0.29) is 11.8 Å². The van der Waals surface area contributed by atoms with Crippen LogP contribution in [-0.4, -0.2) is 22.4 Å². The Balaban J connectivity index is 2.46. The summed E-state index contributed by atoms with van der Waals surface area (Å²) in [5.41, 5.74) is 2.45. The summed E-state index contributed by atoms with van der Waals surface area (Å²) < 4.78 is 19.5. The van der Waals surface area contributed by atoms with Gasteiger partial charge in [-0.1, -0.05) is 0 Å². The van der Waals surface area contributed by atoms with Gasteiger partial charge in [-0.3, -0.25) is 0 Å². The van der Waals surface area contributed by atoms with Crippen LogP contribution in [0.25, 0.3) is 5.69 Å². The fraction of sp³-hybridized carbons (Fsp3) is 0.286. The second-order valence-electron chi connectivity index (χ2n) is 4.15. The smallest absolute Gasteiger partial charge is 0.341 e. The van der Waals surface area contributed by atoms with E-state index in [1.807, 2.05) is 0 Å². The van der Waals surface area contributed by atoms with Gasteiger partial charge in [0.05, 0.1) is 23.7 Å². The summed E-state index contributed by atoms with van der Waals surface area (Å²) >= 11 is 0. The fourth-order valence-electron chi connectivity index (χ4n) is 1.98. The third kappa shape index (κ3) is 2.50. The zero-order valence-electron chi connectivity index (χ0n) is 11.1. The Morgan fingerprint density at radius 1 is 1.32 bits per heavy atom. The van der Waals surface area contributed by atoms with Crippen molar-refractivity contribution in [1.29, 1.82) is 0 Å². The Morgan fingerprint density at radius 3 is 2.53 bits per heavy atom. The zero-order chi connectivity index (χ0) is 14.0. The van der Waals surface area contributed by atoms with Crippen molar-refractivity contribution >= 4 is 5.97 Å². The highest BCUT2D eigenvalue weighted by Crippen LogP contribution is 2.19. The third-order valence-electron chi connectivity index (χ3n) is 2.84. The van der Waals surface area contributed by atoms with Gasteiger partial charge in [0.2, 0.25) is 0 Å². The Kier molecular flexibility index (Phi) is 3.64. The van der Waals surface area contributed by atoms with Gasteiger partial charge in [0.1, 0.15) is 11.4 Å². The predicted molar refractivity (Wildman–Crippen MR) is 69.0 cm³/mol. The largest absolute Gasteiger partial charge is 0.462 e. The normalized spacial score (nSPS) is 10.5. The first-order valence-corrected chi connectivity index (χ1v) is 6.04. The molecule has 0 amide bonds. The molecule has 100 valence electrons. The molecule has 0 aliphatic heterocycles. The number of aromatic nitrogens is 2. The molecule has 1 heterocycles. The van der Waals surface area contributed by atoms with Crippen LogP contribution in [0.15, 0.2) is 24.3 Å². The van der Waals surface area contributed by atoms with Gasteiger partial charge in [-0.25, -0.2) is 13.9 Å². The lowest BCUT2D eigenvalue weighted by molar-refractivity contribution is 0.0524. The molecule has 0 spiro atoms. The first-order chi connectivity index (χ1) is 9.04. The minimum absolute atomic E-state index is 0.309. The topological polar surface area (TPSA) is 44.1 Å². The minimum atomic E-state index is -0.383. The molecular formula is C14H15FN2O2. The lowest BCUT2D eigenvalue weighted by Gasteiger charge is -2.05. The van der Waals surface area contributed by atoms with E-state index < -0.39 is 0 Å². The number of rotatable bonds is 3. The van der Waals surface area contributed by atoms with Crippen molar-refractivity contribution in [1.82, 2.24) is 9.78 Å². The maximum atomic E-state index is 12.9. The van der Waals surface area contributed by atoms with Crippen LogP contribution in [0.2, 0.25) is 0 Å². The van der Waals surface area contributed by atoms with Crippen LogP contribution in [0, 0.1) is 19.7 Å². The van der Waals surface area contributed by atoms with Gasteiger partial charge >= 0.3 is 5.97 Å². The van der Waals surface area contributed by atoms with Crippen LogP contribution in [0.1, 0.15) is 28.7 Å². The van der Waals surface area contributed by atoms with E-state index >= 15 is 0 Å². The van der Waals surface area contributed by atoms with Crippen LogP contribution in [0.4, 0.5) is 4.39 Å². The summed E-state index contributed by atoms with van der Waals surface area (Å²) in [6.07, 6.45) is 0. The summed E-state index contributed by atoms with van der Waals surface area (Å²) in [6, 6.07) is 5.94. The van der Waals surface area contributed by atoms with Crippen LogP contribution in [0.5, 0.6) is 0 Å². The van der Waals surface area contributed by atoms with Crippen molar-refractivity contribution < 1.29 is 13.9 Å². The Morgan fingerprint density at radius 2 is 1.95 bits per heavy atom. The molecular weight excluding hydrogens is 247 g/mol. The van der Waals surface area contributed by atoms with Gasteiger partial charge in [0.25, 0.3) is 0 Å². The molecule has 2 rings (SSSR count). The first-order valence-electron chi connectivity index (χ1n) is 6.04. The molecule has 0 N–H and O–H groups in total. The van der Waals surface area contributed by atoms with Gasteiger partial charge in [0.15, 0.2) is 0 Å². The maximum absolute atomic E-state index is 12.9. The number of halogens is 1. The van der Waals surface area contributed by atoms with Crippen molar-refractivity contribution in [2.75, 3.05) is 6.61 Å². The van der Waals surface area contributed by atoms with E-state index in [1.165, 1.54) is 12.1 Å². The average molecular weight is 262 g/mol. The van der Waals surface area contributed by atoms with E-state index in [0.29, 0.717) is 29.2 Å². The zero-order valence-corrected chi connectivity index (χ0v) is 11.1. The standard InChI is InChI=1S/C14H15FN2O2/c1-4-19-14(18)13-9(2)16-17(10(13)3)12-7-5-11(15)6-8-12/h5-8H,4H2,1-3H3. The molecule has 1 aromatic heterocycles. The van der Waals surface area contributed by atoms with E-state index in [4.69, 9.17) is 4.74 Å². The van der Waals surface area contributed by atoms with Crippen molar-refractivity contribution in [2.45, 2.75) is 20.8 Å². The number of benzene rings is 1. The summed E-state index contributed by atoms with van der Waals surface area (Å²) in [5, 5.41) is 4.31. The fourth-order valence-corrected chi connectivity index (χ4v) is 1.98. The molecule has 0 atom stereocenters. The van der Waals surface area contributed by atoms with Crippen LogP contribution in [0.3, 0.4) is 0 Å². The average Bonchev–Trinajstić information content (AvgIpc) is 2.66. The number of carbonyl (C=O) groups excluding carboxylic acids is 1. The second-order valence-corrected chi connectivity index (χ2v) is 4.15. The molecule has 2 aromatic rings. The number of hydrogen-bond acceptors (Lipinski definition) is 3. The van der Waals surface area contributed by atoms with Gasteiger partial charge in [-0.2, -0.15) is 5.10 Å². The molecule has 0 bridgehead atoms. The minimum Gasteiger partial charge on any atom is -0.462 e. The molecule has 0 aliphatic rings. The highest BCUT2D eigenvalue weighted by Gasteiger charge is 2.20. The summed E-state index contributed by atoms with van der Waals surface area (Å²) in [7, 11) is 0. The monoisotopic (exact) mass is 262 g/mol. The lowest BCUT2D eigenvalue weighted by Crippen LogP contribution is -2.07. The summed E-state index contributed by atoms with van der Waals surface area (Å²) in [4.78, 5) is 11.8. The van der Waals surface area contributed by atoms with Crippen molar-refractivity contribution in [3.05, 3.63) is 47.0 Å². The third-order valence-corrected chi connectivity index (χ3v) is 2.84. The van der Waals surface area contributed by atoms with Crippen molar-refractivity contribution in [3.63, 3.8) is 0 Å². The highest BCUT2D eigenvalue weighted by molar-refractivity contribution is 5.92. The Labute approximate surface area is 110 Å². The Bertz CT molecular complexity index is 603. The van der Waals surface area contributed by atoms with Gasteiger partial charge in [-0.15, -0.1) is 0 Å². The molecule has 1 aromatic carbocycles. The molecule has 0 saturated carbocycles. The molecule has 0 saturated heterocycles.